The summed E-state index contributed by atoms with van der Waals surface area (Å²) in [6.07, 6.45) is 0.404. The fourth-order valence-electron chi connectivity index (χ4n) is 1.41. The molecule has 1 amide bonds. The van der Waals surface area contributed by atoms with Crippen molar-refractivity contribution in [3.63, 3.8) is 0 Å². The fourth-order valence-corrected chi connectivity index (χ4v) is 1.67. The van der Waals surface area contributed by atoms with Gasteiger partial charge in [-0.15, -0.1) is 0 Å². The van der Waals surface area contributed by atoms with Gasteiger partial charge in [-0.2, -0.15) is 0 Å². The molecule has 0 aliphatic heterocycles. The van der Waals surface area contributed by atoms with Crippen molar-refractivity contribution in [3.8, 4) is 0 Å². The number of benzene rings is 1. The molecule has 0 radical (unpaired) electrons. The van der Waals surface area contributed by atoms with Crippen LogP contribution >= 0.6 is 15.9 Å². The number of carbonyl (C=O) groups is 1. The van der Waals surface area contributed by atoms with E-state index in [1.807, 2.05) is 31.2 Å². The highest BCUT2D eigenvalue weighted by atomic mass is 79.9. The first-order valence-corrected chi connectivity index (χ1v) is 5.94. The third-order valence-corrected chi connectivity index (χ3v) is 2.63. The quantitative estimate of drug-likeness (QED) is 0.900. The molecule has 0 spiro atoms. The van der Waals surface area contributed by atoms with Crippen molar-refractivity contribution in [2.24, 2.45) is 0 Å². The molecule has 1 aromatic rings. The van der Waals surface area contributed by atoms with Gasteiger partial charge in [0.15, 0.2) is 0 Å². The molecule has 1 N–H and O–H groups in total. The van der Waals surface area contributed by atoms with Crippen molar-refractivity contribution in [2.45, 2.75) is 19.4 Å². The number of methoxy groups -OCH3 is 1. The summed E-state index contributed by atoms with van der Waals surface area (Å²) in [6, 6.07) is 7.78. The van der Waals surface area contributed by atoms with Crippen LogP contribution in [0.3, 0.4) is 0 Å². The summed E-state index contributed by atoms with van der Waals surface area (Å²) in [7, 11) is 1.62. The predicted molar refractivity (Wildman–Crippen MR) is 67.3 cm³/mol. The Kier molecular flexibility index (Phi) is 5.49. The van der Waals surface area contributed by atoms with E-state index in [1.165, 1.54) is 0 Å². The van der Waals surface area contributed by atoms with Crippen LogP contribution in [-0.2, 0) is 16.0 Å². The first-order chi connectivity index (χ1) is 7.61. The zero-order valence-electron chi connectivity index (χ0n) is 9.50. The third-order valence-electron chi connectivity index (χ3n) is 2.10. The van der Waals surface area contributed by atoms with Gasteiger partial charge in [0.2, 0.25) is 5.91 Å². The van der Waals surface area contributed by atoms with Crippen molar-refractivity contribution in [3.05, 3.63) is 34.3 Å². The lowest BCUT2D eigenvalue weighted by Gasteiger charge is -2.12. The van der Waals surface area contributed by atoms with E-state index in [9.17, 15) is 4.79 Å². The van der Waals surface area contributed by atoms with Crippen LogP contribution in [0.1, 0.15) is 12.5 Å². The second-order valence-corrected chi connectivity index (χ2v) is 4.64. The van der Waals surface area contributed by atoms with Crippen molar-refractivity contribution < 1.29 is 9.53 Å². The van der Waals surface area contributed by atoms with Crippen LogP contribution < -0.4 is 5.32 Å². The molecule has 0 aliphatic carbocycles. The smallest absolute Gasteiger partial charge is 0.224 e. The molecule has 1 rings (SSSR count). The van der Waals surface area contributed by atoms with E-state index in [0.29, 0.717) is 13.0 Å². The van der Waals surface area contributed by atoms with E-state index in [2.05, 4.69) is 21.2 Å². The summed E-state index contributed by atoms with van der Waals surface area (Å²) in [5, 5.41) is 2.87. The molecule has 0 aromatic heterocycles. The van der Waals surface area contributed by atoms with E-state index < -0.39 is 0 Å². The third kappa shape index (κ3) is 4.77. The van der Waals surface area contributed by atoms with E-state index in [1.54, 1.807) is 7.11 Å². The first-order valence-electron chi connectivity index (χ1n) is 5.14. The molecule has 1 atom stereocenters. The molecule has 3 nitrogen and oxygen atoms in total. The molecule has 0 saturated carbocycles. The topological polar surface area (TPSA) is 38.3 Å². The maximum Gasteiger partial charge on any atom is 0.224 e. The van der Waals surface area contributed by atoms with E-state index >= 15 is 0 Å². The highest BCUT2D eigenvalue weighted by Gasteiger charge is 2.07. The Morgan fingerprint density at radius 3 is 2.62 bits per heavy atom. The zero-order valence-corrected chi connectivity index (χ0v) is 11.1. The lowest BCUT2D eigenvalue weighted by atomic mass is 10.1. The lowest BCUT2D eigenvalue weighted by Crippen LogP contribution is -2.36. The Balaban J connectivity index is 2.42. The average Bonchev–Trinajstić information content (AvgIpc) is 2.21. The van der Waals surface area contributed by atoms with Gasteiger partial charge in [0.1, 0.15) is 0 Å². The Hall–Kier alpha value is -0.870. The minimum atomic E-state index is 0.0203. The van der Waals surface area contributed by atoms with Gasteiger partial charge < -0.3 is 10.1 Å². The van der Waals surface area contributed by atoms with Gasteiger partial charge in [-0.1, -0.05) is 28.1 Å². The standard InChI is InChI=1S/C12H16BrNO2/c1-9(8-16-2)14-12(15)7-10-3-5-11(13)6-4-10/h3-6,9H,7-8H2,1-2H3,(H,14,15)/t9-/m0/s1. The molecule has 0 saturated heterocycles. The van der Waals surface area contributed by atoms with E-state index in [-0.39, 0.29) is 11.9 Å². The van der Waals surface area contributed by atoms with Gasteiger partial charge >= 0.3 is 0 Å². The number of carbonyl (C=O) groups excluding carboxylic acids is 1. The van der Waals surface area contributed by atoms with E-state index in [0.717, 1.165) is 10.0 Å². The number of halogens is 1. The second-order valence-electron chi connectivity index (χ2n) is 3.73. The summed E-state index contributed by atoms with van der Waals surface area (Å²) >= 11 is 3.36. The maximum atomic E-state index is 11.6. The summed E-state index contributed by atoms with van der Waals surface area (Å²) in [4.78, 5) is 11.6. The SMILES string of the molecule is COC[C@H](C)NC(=O)Cc1ccc(Br)cc1. The van der Waals surface area contributed by atoms with Crippen molar-refractivity contribution in [2.75, 3.05) is 13.7 Å². The number of ether oxygens (including phenoxy) is 1. The largest absolute Gasteiger partial charge is 0.383 e. The first kappa shape index (κ1) is 13.2. The second kappa shape index (κ2) is 6.66. The summed E-state index contributed by atoms with van der Waals surface area (Å²) in [5.41, 5.74) is 1.00. The van der Waals surface area contributed by atoms with Crippen LogP contribution in [0.25, 0.3) is 0 Å². The Morgan fingerprint density at radius 1 is 1.44 bits per heavy atom. The Morgan fingerprint density at radius 2 is 2.06 bits per heavy atom. The number of rotatable bonds is 5. The maximum absolute atomic E-state index is 11.6. The molecule has 4 heteroatoms. The van der Waals surface area contributed by atoms with Crippen LogP contribution in [-0.4, -0.2) is 25.7 Å². The zero-order chi connectivity index (χ0) is 12.0. The van der Waals surface area contributed by atoms with Gasteiger partial charge in [-0.3, -0.25) is 4.79 Å². The van der Waals surface area contributed by atoms with Crippen LogP contribution in [0, 0.1) is 0 Å². The molecule has 1 aromatic carbocycles. The lowest BCUT2D eigenvalue weighted by molar-refractivity contribution is -0.121. The minimum absolute atomic E-state index is 0.0203. The summed E-state index contributed by atoms with van der Waals surface area (Å²) in [6.45, 7) is 2.45. The van der Waals surface area contributed by atoms with Crippen LogP contribution in [0.15, 0.2) is 28.7 Å². The Labute approximate surface area is 104 Å². The van der Waals surface area contributed by atoms with Gasteiger partial charge in [-0.25, -0.2) is 0 Å². The molecular formula is C12H16BrNO2. The number of hydrogen-bond donors (Lipinski definition) is 1. The highest BCUT2D eigenvalue weighted by molar-refractivity contribution is 9.10. The van der Waals surface area contributed by atoms with Crippen molar-refractivity contribution in [1.29, 1.82) is 0 Å². The highest BCUT2D eigenvalue weighted by Crippen LogP contribution is 2.10. The van der Waals surface area contributed by atoms with Crippen molar-refractivity contribution >= 4 is 21.8 Å². The summed E-state index contributed by atoms with van der Waals surface area (Å²) in [5.74, 6) is 0.0203. The van der Waals surface area contributed by atoms with Crippen LogP contribution in [0.5, 0.6) is 0 Å². The Bertz CT molecular complexity index is 337. The van der Waals surface area contributed by atoms with Crippen LogP contribution in [0.4, 0.5) is 0 Å². The predicted octanol–water partition coefficient (Wildman–Crippen LogP) is 2.14. The van der Waals surface area contributed by atoms with Gasteiger partial charge in [0.25, 0.3) is 0 Å². The summed E-state index contributed by atoms with van der Waals surface area (Å²) < 4.78 is 5.97. The van der Waals surface area contributed by atoms with Gasteiger partial charge in [0, 0.05) is 17.6 Å². The molecule has 0 aliphatic rings. The molecular weight excluding hydrogens is 270 g/mol. The van der Waals surface area contributed by atoms with Gasteiger partial charge in [-0.05, 0) is 24.6 Å². The molecule has 16 heavy (non-hydrogen) atoms. The molecule has 0 bridgehead atoms. The molecule has 0 unspecified atom stereocenters. The van der Waals surface area contributed by atoms with Gasteiger partial charge in [0.05, 0.1) is 13.0 Å². The number of hydrogen-bond acceptors (Lipinski definition) is 2. The average molecular weight is 286 g/mol. The van der Waals surface area contributed by atoms with Crippen molar-refractivity contribution in [1.82, 2.24) is 5.32 Å². The molecule has 0 heterocycles. The van der Waals surface area contributed by atoms with E-state index in [4.69, 9.17) is 4.74 Å². The minimum Gasteiger partial charge on any atom is -0.383 e. The monoisotopic (exact) mass is 285 g/mol. The molecule has 0 fully saturated rings. The number of nitrogens with one attached hydrogen (secondary N) is 1. The normalized spacial score (nSPS) is 12.2. The number of amides is 1. The molecule has 88 valence electrons. The fraction of sp³-hybridized carbons (Fsp3) is 0.417. The van der Waals surface area contributed by atoms with Crippen LogP contribution in [0.2, 0.25) is 0 Å².